The highest BCUT2D eigenvalue weighted by atomic mass is 19.2. The zero-order chi connectivity index (χ0) is 18.4. The Balaban J connectivity index is 2.02. The first-order valence-corrected chi connectivity index (χ1v) is 7.56. The van der Waals surface area contributed by atoms with E-state index in [2.05, 4.69) is 4.98 Å². The lowest BCUT2D eigenvalue weighted by molar-refractivity contribution is -0.143. The minimum Gasteiger partial charge on any atom is -0.334 e. The highest BCUT2D eigenvalue weighted by Gasteiger charge is 2.23. The minimum absolute atomic E-state index is 0.262. The maximum atomic E-state index is 13.6. The molecule has 0 fully saturated rings. The predicted octanol–water partition coefficient (Wildman–Crippen LogP) is 2.53. The molecule has 0 atom stereocenters. The van der Waals surface area contributed by atoms with Gasteiger partial charge < -0.3 is 10.2 Å². The summed E-state index contributed by atoms with van der Waals surface area (Å²) in [4.78, 5) is 29.3. The van der Waals surface area contributed by atoms with Crippen molar-refractivity contribution in [3.8, 4) is 0 Å². The Morgan fingerprint density at radius 2 is 1.76 bits per heavy atom. The number of benzene rings is 1. The van der Waals surface area contributed by atoms with E-state index in [1.54, 1.807) is 31.5 Å². The molecule has 0 saturated heterocycles. The van der Waals surface area contributed by atoms with E-state index in [4.69, 9.17) is 0 Å². The zero-order valence-corrected chi connectivity index (χ0v) is 13.4. The Bertz CT molecular complexity index is 769. The van der Waals surface area contributed by atoms with Crippen molar-refractivity contribution >= 4 is 17.5 Å². The van der Waals surface area contributed by atoms with Crippen molar-refractivity contribution in [2.75, 3.05) is 18.4 Å². The van der Waals surface area contributed by atoms with Crippen LogP contribution in [0.5, 0.6) is 0 Å². The first kappa shape index (κ1) is 18.4. The molecule has 0 aliphatic rings. The number of nitrogens with zero attached hydrogens (tertiary/aromatic N) is 2. The van der Waals surface area contributed by atoms with Crippen LogP contribution in [0.4, 0.5) is 18.9 Å². The molecule has 0 radical (unpaired) electrons. The van der Waals surface area contributed by atoms with Crippen LogP contribution in [-0.4, -0.2) is 34.8 Å². The quantitative estimate of drug-likeness (QED) is 0.665. The summed E-state index contributed by atoms with van der Waals surface area (Å²) in [6.07, 6.45) is 3.74. The number of carbonyl (C=O) groups is 2. The lowest BCUT2D eigenvalue weighted by Gasteiger charge is -2.20. The fourth-order valence-corrected chi connectivity index (χ4v) is 2.16. The third kappa shape index (κ3) is 4.56. The number of carbonyl (C=O) groups excluding carboxylic acids is 2. The monoisotopic (exact) mass is 351 g/mol. The van der Waals surface area contributed by atoms with Gasteiger partial charge in [-0.3, -0.25) is 14.6 Å². The Labute approximate surface area is 142 Å². The number of rotatable bonds is 5. The van der Waals surface area contributed by atoms with E-state index in [1.807, 2.05) is 5.32 Å². The second-order valence-electron chi connectivity index (χ2n) is 5.17. The molecule has 0 saturated carbocycles. The van der Waals surface area contributed by atoms with E-state index in [0.29, 0.717) is 12.5 Å². The van der Waals surface area contributed by atoms with Gasteiger partial charge in [0.2, 0.25) is 0 Å². The van der Waals surface area contributed by atoms with Crippen molar-refractivity contribution in [2.45, 2.75) is 13.3 Å². The summed E-state index contributed by atoms with van der Waals surface area (Å²) < 4.78 is 39.6. The summed E-state index contributed by atoms with van der Waals surface area (Å²) >= 11 is 0. The highest BCUT2D eigenvalue weighted by molar-refractivity contribution is 6.39. The van der Waals surface area contributed by atoms with Crippen molar-refractivity contribution in [2.24, 2.45) is 0 Å². The fourth-order valence-electron chi connectivity index (χ4n) is 2.16. The van der Waals surface area contributed by atoms with Gasteiger partial charge in [0.05, 0.1) is 5.69 Å². The Kier molecular flexibility index (Phi) is 6.10. The molecule has 25 heavy (non-hydrogen) atoms. The van der Waals surface area contributed by atoms with Crippen LogP contribution >= 0.6 is 0 Å². The fraction of sp³-hybridized carbons (Fsp3) is 0.235. The SMILES string of the molecule is CCN(CCc1ccncc1)C(=O)C(=O)Nc1ccc(F)c(F)c1F. The van der Waals surface area contributed by atoms with Gasteiger partial charge in [-0.1, -0.05) is 0 Å². The lowest BCUT2D eigenvalue weighted by Crippen LogP contribution is -2.40. The molecule has 1 heterocycles. The second-order valence-corrected chi connectivity index (χ2v) is 5.17. The Morgan fingerprint density at radius 3 is 2.40 bits per heavy atom. The van der Waals surface area contributed by atoms with Gasteiger partial charge in [-0.25, -0.2) is 13.2 Å². The number of aromatic nitrogens is 1. The molecule has 1 aromatic carbocycles. The smallest absolute Gasteiger partial charge is 0.313 e. The van der Waals surface area contributed by atoms with Gasteiger partial charge in [-0.15, -0.1) is 0 Å². The average Bonchev–Trinajstić information content (AvgIpc) is 2.63. The van der Waals surface area contributed by atoms with E-state index in [0.717, 1.165) is 11.6 Å². The van der Waals surface area contributed by atoms with Crippen LogP contribution in [0.1, 0.15) is 12.5 Å². The largest absolute Gasteiger partial charge is 0.334 e. The van der Waals surface area contributed by atoms with E-state index in [1.165, 1.54) is 4.90 Å². The second kappa shape index (κ2) is 8.27. The molecule has 0 aliphatic carbocycles. The number of hydrogen-bond donors (Lipinski definition) is 1. The molecular formula is C17H16F3N3O2. The number of nitrogens with one attached hydrogen (secondary N) is 1. The molecule has 0 unspecified atom stereocenters. The Morgan fingerprint density at radius 1 is 1.08 bits per heavy atom. The standard InChI is InChI=1S/C17H16F3N3O2/c1-2-23(10-7-11-5-8-21-9-6-11)17(25)16(24)22-13-4-3-12(18)14(19)15(13)20/h3-6,8-9H,2,7,10H2,1H3,(H,22,24). The summed E-state index contributed by atoms with van der Waals surface area (Å²) in [6, 6.07) is 5.09. The molecule has 2 aromatic rings. The van der Waals surface area contributed by atoms with Crippen LogP contribution in [0.25, 0.3) is 0 Å². The first-order chi connectivity index (χ1) is 11.9. The van der Waals surface area contributed by atoms with Gasteiger partial charge >= 0.3 is 11.8 Å². The van der Waals surface area contributed by atoms with E-state index in [9.17, 15) is 22.8 Å². The van der Waals surface area contributed by atoms with E-state index in [-0.39, 0.29) is 13.1 Å². The normalized spacial score (nSPS) is 10.4. The first-order valence-electron chi connectivity index (χ1n) is 7.56. The highest BCUT2D eigenvalue weighted by Crippen LogP contribution is 2.19. The van der Waals surface area contributed by atoms with E-state index >= 15 is 0 Å². The van der Waals surface area contributed by atoms with Gasteiger partial charge in [-0.05, 0) is 43.2 Å². The summed E-state index contributed by atoms with van der Waals surface area (Å²) in [5.41, 5.74) is 0.343. The van der Waals surface area contributed by atoms with Crippen LogP contribution in [-0.2, 0) is 16.0 Å². The number of likely N-dealkylation sites (N-methyl/N-ethyl adjacent to an activating group) is 1. The predicted molar refractivity (Wildman–Crippen MR) is 85.1 cm³/mol. The number of amides is 2. The van der Waals surface area contributed by atoms with Gasteiger partial charge in [0.25, 0.3) is 0 Å². The topological polar surface area (TPSA) is 62.3 Å². The summed E-state index contributed by atoms with van der Waals surface area (Å²) in [5, 5.41) is 1.97. The van der Waals surface area contributed by atoms with Crippen LogP contribution in [0.3, 0.4) is 0 Å². The third-order valence-corrected chi connectivity index (χ3v) is 3.57. The number of halogens is 3. The van der Waals surface area contributed by atoms with Gasteiger partial charge in [0.15, 0.2) is 17.5 Å². The van der Waals surface area contributed by atoms with Crippen molar-refractivity contribution < 1.29 is 22.8 Å². The van der Waals surface area contributed by atoms with Crippen LogP contribution < -0.4 is 5.32 Å². The van der Waals surface area contributed by atoms with Gasteiger partial charge in [0.1, 0.15) is 0 Å². The lowest BCUT2D eigenvalue weighted by atomic mass is 10.2. The summed E-state index contributed by atoms with van der Waals surface area (Å²) in [6.45, 7) is 2.22. The molecule has 1 aromatic heterocycles. The summed E-state index contributed by atoms with van der Waals surface area (Å²) in [5.74, 6) is -6.66. The van der Waals surface area contributed by atoms with Crippen LogP contribution in [0, 0.1) is 17.5 Å². The maximum absolute atomic E-state index is 13.6. The molecule has 0 aliphatic heterocycles. The molecule has 5 nitrogen and oxygen atoms in total. The summed E-state index contributed by atoms with van der Waals surface area (Å²) in [7, 11) is 0. The van der Waals surface area contributed by atoms with Crippen LogP contribution in [0.2, 0.25) is 0 Å². The van der Waals surface area contributed by atoms with Crippen molar-refractivity contribution in [1.29, 1.82) is 0 Å². The van der Waals surface area contributed by atoms with Crippen molar-refractivity contribution in [3.63, 3.8) is 0 Å². The number of anilines is 1. The molecule has 132 valence electrons. The molecule has 2 rings (SSSR count). The molecule has 8 heteroatoms. The third-order valence-electron chi connectivity index (χ3n) is 3.57. The minimum atomic E-state index is -1.71. The molecule has 0 bridgehead atoms. The van der Waals surface area contributed by atoms with E-state index < -0.39 is 35.0 Å². The number of pyridine rings is 1. The molecule has 2 amide bonds. The van der Waals surface area contributed by atoms with Crippen molar-refractivity contribution in [1.82, 2.24) is 9.88 Å². The average molecular weight is 351 g/mol. The maximum Gasteiger partial charge on any atom is 0.313 e. The van der Waals surface area contributed by atoms with Gasteiger partial charge in [-0.2, -0.15) is 0 Å². The van der Waals surface area contributed by atoms with Gasteiger partial charge in [0, 0.05) is 25.5 Å². The molecule has 0 spiro atoms. The Hall–Kier alpha value is -2.90. The zero-order valence-electron chi connectivity index (χ0n) is 13.4. The van der Waals surface area contributed by atoms with Crippen LogP contribution in [0.15, 0.2) is 36.7 Å². The number of hydrogen-bond acceptors (Lipinski definition) is 3. The molecule has 1 N–H and O–H groups in total. The van der Waals surface area contributed by atoms with Crippen molar-refractivity contribution in [3.05, 3.63) is 59.7 Å². The molecular weight excluding hydrogens is 335 g/mol.